The van der Waals surface area contributed by atoms with Gasteiger partial charge in [0.1, 0.15) is 17.3 Å². The summed E-state index contributed by atoms with van der Waals surface area (Å²) in [6, 6.07) is 29.2. The zero-order chi connectivity index (χ0) is 32.6. The minimum Gasteiger partial charge on any atom is -0.468 e. The number of hydrogen-bond donors (Lipinski definition) is 1. The smallest absolute Gasteiger partial charge is 0.255 e. The highest BCUT2D eigenvalue weighted by Gasteiger charge is 2.28. The maximum absolute atomic E-state index is 13.6. The molecule has 1 N–H and O–H groups in total. The molecule has 3 aromatic carbocycles. The molecule has 1 amide bonds. The third-order valence-corrected chi connectivity index (χ3v) is 10.5. The molecule has 0 aliphatic carbocycles. The topological polar surface area (TPSA) is 142 Å². The SMILES string of the molecule is O=C(CN(Cc1ccco1)S(=O)(=O)c1ccccc1)N/N=C\c1ccc(CN(Cc2ccccc2)S(=O)(=O)c2ccc(Cl)cc2)o1. The van der Waals surface area contributed by atoms with E-state index in [1.54, 1.807) is 42.5 Å². The number of furan rings is 2. The number of benzene rings is 3. The quantitative estimate of drug-likeness (QED) is 0.125. The average Bonchev–Trinajstić information content (AvgIpc) is 3.74. The number of hydrogen-bond acceptors (Lipinski definition) is 8. The van der Waals surface area contributed by atoms with E-state index >= 15 is 0 Å². The van der Waals surface area contributed by atoms with Gasteiger partial charge in [-0.1, -0.05) is 60.1 Å². The number of hydrazone groups is 1. The molecule has 0 aliphatic rings. The van der Waals surface area contributed by atoms with Gasteiger partial charge in [0, 0.05) is 11.6 Å². The van der Waals surface area contributed by atoms with Crippen molar-refractivity contribution in [3.05, 3.63) is 143 Å². The number of carbonyl (C=O) groups is 1. The fourth-order valence-corrected chi connectivity index (χ4v) is 7.30. The van der Waals surface area contributed by atoms with Crippen LogP contribution in [0.4, 0.5) is 0 Å². The lowest BCUT2D eigenvalue weighted by Crippen LogP contribution is -2.38. The minimum absolute atomic E-state index is 0.0281. The van der Waals surface area contributed by atoms with Crippen LogP contribution in [0.5, 0.6) is 0 Å². The second kappa shape index (κ2) is 14.7. The first-order valence-corrected chi connectivity index (χ1v) is 17.1. The van der Waals surface area contributed by atoms with Crippen molar-refractivity contribution in [2.45, 2.75) is 29.4 Å². The average molecular weight is 681 g/mol. The highest BCUT2D eigenvalue weighted by atomic mass is 35.5. The van der Waals surface area contributed by atoms with E-state index in [-0.39, 0.29) is 35.2 Å². The van der Waals surface area contributed by atoms with Gasteiger partial charge in [-0.3, -0.25) is 4.79 Å². The fraction of sp³-hybridized carbons (Fsp3) is 0.125. The summed E-state index contributed by atoms with van der Waals surface area (Å²) < 4.78 is 67.1. The van der Waals surface area contributed by atoms with E-state index in [0.29, 0.717) is 16.5 Å². The van der Waals surface area contributed by atoms with E-state index in [9.17, 15) is 21.6 Å². The maximum Gasteiger partial charge on any atom is 0.255 e. The summed E-state index contributed by atoms with van der Waals surface area (Å²) in [5.41, 5.74) is 3.10. The van der Waals surface area contributed by atoms with Crippen molar-refractivity contribution < 1.29 is 30.5 Å². The van der Waals surface area contributed by atoms with Gasteiger partial charge < -0.3 is 8.83 Å². The van der Waals surface area contributed by atoms with Gasteiger partial charge >= 0.3 is 0 Å². The molecule has 11 nitrogen and oxygen atoms in total. The number of sulfonamides is 2. The van der Waals surface area contributed by atoms with Crippen LogP contribution < -0.4 is 5.43 Å². The highest BCUT2D eigenvalue weighted by Crippen LogP contribution is 2.24. The fourth-order valence-electron chi connectivity index (χ4n) is 4.40. The number of nitrogens with one attached hydrogen (secondary N) is 1. The van der Waals surface area contributed by atoms with Gasteiger partial charge in [-0.25, -0.2) is 22.3 Å². The van der Waals surface area contributed by atoms with Crippen LogP contribution in [0.2, 0.25) is 5.02 Å². The summed E-state index contributed by atoms with van der Waals surface area (Å²) in [4.78, 5) is 12.9. The van der Waals surface area contributed by atoms with Crippen LogP contribution in [-0.2, 0) is 44.5 Å². The Balaban J connectivity index is 1.27. The summed E-state index contributed by atoms with van der Waals surface area (Å²) >= 11 is 5.97. The largest absolute Gasteiger partial charge is 0.468 e. The summed E-state index contributed by atoms with van der Waals surface area (Å²) in [7, 11) is -7.97. The van der Waals surface area contributed by atoms with Crippen molar-refractivity contribution in [1.82, 2.24) is 14.0 Å². The minimum atomic E-state index is -4.03. The van der Waals surface area contributed by atoms with Gasteiger partial charge in [0.25, 0.3) is 5.91 Å². The summed E-state index contributed by atoms with van der Waals surface area (Å²) in [5.74, 6) is 0.235. The molecule has 46 heavy (non-hydrogen) atoms. The zero-order valence-corrected chi connectivity index (χ0v) is 26.7. The van der Waals surface area contributed by atoms with E-state index in [1.807, 2.05) is 30.3 Å². The molecular weight excluding hydrogens is 652 g/mol. The van der Waals surface area contributed by atoms with Crippen LogP contribution in [0, 0.1) is 0 Å². The Labute approximate surface area is 271 Å². The monoisotopic (exact) mass is 680 g/mol. The second-order valence-electron chi connectivity index (χ2n) is 9.98. The highest BCUT2D eigenvalue weighted by molar-refractivity contribution is 7.89. The molecule has 0 bridgehead atoms. The van der Waals surface area contributed by atoms with Gasteiger partial charge in [-0.2, -0.15) is 13.7 Å². The zero-order valence-electron chi connectivity index (χ0n) is 24.3. The van der Waals surface area contributed by atoms with Crippen LogP contribution >= 0.6 is 11.6 Å². The van der Waals surface area contributed by atoms with E-state index in [1.165, 1.54) is 53.2 Å². The molecule has 0 radical (unpaired) electrons. The van der Waals surface area contributed by atoms with Gasteiger partial charge in [0.2, 0.25) is 20.0 Å². The Hall–Kier alpha value is -4.53. The standard InChI is InChI=1S/C32H29ClN4O7S2/c33-26-13-17-31(18-14-26)46(41,42)36(21-25-8-3-1-4-9-25)23-29-16-15-27(44-29)20-34-35-32(38)24-37(22-28-10-7-19-43-28)45(39,40)30-11-5-2-6-12-30/h1-20H,21-24H2,(H,35,38)/b34-20-. The van der Waals surface area contributed by atoms with E-state index in [0.717, 1.165) is 9.87 Å². The number of nitrogens with zero attached hydrogens (tertiary/aromatic N) is 3. The first-order valence-electron chi connectivity index (χ1n) is 13.9. The molecule has 0 fully saturated rings. The van der Waals surface area contributed by atoms with Crippen LogP contribution in [0.3, 0.4) is 0 Å². The van der Waals surface area contributed by atoms with Gasteiger partial charge in [-0.05, 0) is 66.2 Å². The Morgan fingerprint density at radius 2 is 1.35 bits per heavy atom. The van der Waals surface area contributed by atoms with Crippen LogP contribution in [0.1, 0.15) is 22.8 Å². The first kappa shape index (κ1) is 32.9. The first-order chi connectivity index (χ1) is 22.1. The number of amides is 1. The van der Waals surface area contributed by atoms with Crippen LogP contribution in [-0.4, -0.2) is 44.1 Å². The molecule has 14 heteroatoms. The number of carbonyl (C=O) groups excluding carboxylic acids is 1. The van der Waals surface area contributed by atoms with E-state index < -0.39 is 32.5 Å². The van der Waals surface area contributed by atoms with Gasteiger partial charge in [-0.15, -0.1) is 0 Å². The summed E-state index contributed by atoms with van der Waals surface area (Å²) in [6.45, 7) is -0.692. The lowest BCUT2D eigenvalue weighted by atomic mass is 10.2. The van der Waals surface area contributed by atoms with Gasteiger partial charge in [0.05, 0.1) is 41.9 Å². The lowest BCUT2D eigenvalue weighted by Gasteiger charge is -2.21. The maximum atomic E-state index is 13.6. The predicted octanol–water partition coefficient (Wildman–Crippen LogP) is 5.26. The van der Waals surface area contributed by atoms with Crippen molar-refractivity contribution in [3.63, 3.8) is 0 Å². The van der Waals surface area contributed by atoms with Crippen molar-refractivity contribution in [2.24, 2.45) is 5.10 Å². The molecule has 0 spiro atoms. The normalized spacial score (nSPS) is 12.2. The summed E-state index contributed by atoms with van der Waals surface area (Å²) in [5, 5.41) is 4.32. The van der Waals surface area contributed by atoms with Crippen molar-refractivity contribution >= 4 is 43.8 Å². The molecule has 0 unspecified atom stereocenters. The van der Waals surface area contributed by atoms with E-state index in [4.69, 9.17) is 20.4 Å². The van der Waals surface area contributed by atoms with Crippen LogP contribution in [0.25, 0.3) is 0 Å². The molecule has 0 saturated heterocycles. The molecule has 238 valence electrons. The molecule has 0 saturated carbocycles. The predicted molar refractivity (Wildman–Crippen MR) is 172 cm³/mol. The molecule has 2 heterocycles. The van der Waals surface area contributed by atoms with Crippen LogP contribution in [0.15, 0.2) is 139 Å². The third kappa shape index (κ3) is 8.38. The molecular formula is C32H29ClN4O7S2. The third-order valence-electron chi connectivity index (χ3n) is 6.66. The Morgan fingerprint density at radius 1 is 0.717 bits per heavy atom. The second-order valence-corrected chi connectivity index (χ2v) is 14.3. The molecule has 2 aromatic heterocycles. The molecule has 0 aliphatic heterocycles. The molecule has 0 atom stereocenters. The van der Waals surface area contributed by atoms with Gasteiger partial charge in [0.15, 0.2) is 0 Å². The Kier molecular flexibility index (Phi) is 10.5. The van der Waals surface area contributed by atoms with Crippen molar-refractivity contribution in [2.75, 3.05) is 6.54 Å². The lowest BCUT2D eigenvalue weighted by molar-refractivity contribution is -0.121. The van der Waals surface area contributed by atoms with E-state index in [2.05, 4.69) is 10.5 Å². The summed E-state index contributed by atoms with van der Waals surface area (Å²) in [6.07, 6.45) is 2.65. The number of rotatable bonds is 14. The number of halogens is 1. The van der Waals surface area contributed by atoms with Crippen molar-refractivity contribution in [1.29, 1.82) is 0 Å². The Morgan fingerprint density at radius 3 is 2.02 bits per heavy atom. The van der Waals surface area contributed by atoms with Crippen molar-refractivity contribution in [3.8, 4) is 0 Å². The molecule has 5 aromatic rings. The molecule has 5 rings (SSSR count). The Bertz CT molecular complexity index is 1980.